The van der Waals surface area contributed by atoms with Crippen LogP contribution in [0.15, 0.2) is 12.4 Å². The van der Waals surface area contributed by atoms with E-state index in [4.69, 9.17) is 0 Å². The molecule has 0 spiro atoms. The minimum absolute atomic E-state index is 0.252. The van der Waals surface area contributed by atoms with E-state index in [1.54, 1.807) is 6.33 Å². The van der Waals surface area contributed by atoms with Crippen molar-refractivity contribution in [3.05, 3.63) is 12.4 Å². The van der Waals surface area contributed by atoms with Gasteiger partial charge < -0.3 is 10.6 Å². The van der Waals surface area contributed by atoms with Gasteiger partial charge in [-0.25, -0.2) is 9.97 Å². The van der Waals surface area contributed by atoms with Gasteiger partial charge in [-0.1, -0.05) is 27.7 Å². The monoisotopic (exact) mass is 222 g/mol. The quantitative estimate of drug-likeness (QED) is 0.804. The van der Waals surface area contributed by atoms with Crippen LogP contribution < -0.4 is 10.6 Å². The van der Waals surface area contributed by atoms with E-state index in [0.717, 1.165) is 31.1 Å². The SMILES string of the molecule is CCCNc1cc(NCC(C)(C)C)ncn1. The zero-order valence-electron chi connectivity index (χ0n) is 10.7. The molecule has 1 aromatic rings. The van der Waals surface area contributed by atoms with Gasteiger partial charge in [0.2, 0.25) is 0 Å². The second kappa shape index (κ2) is 5.68. The van der Waals surface area contributed by atoms with Crippen LogP contribution in [0.2, 0.25) is 0 Å². The molecule has 0 aliphatic rings. The normalized spacial score (nSPS) is 11.2. The van der Waals surface area contributed by atoms with Crippen LogP contribution in [-0.4, -0.2) is 23.1 Å². The lowest BCUT2D eigenvalue weighted by Crippen LogP contribution is -2.19. The molecule has 0 saturated carbocycles. The van der Waals surface area contributed by atoms with E-state index < -0.39 is 0 Å². The van der Waals surface area contributed by atoms with Crippen molar-refractivity contribution < 1.29 is 0 Å². The van der Waals surface area contributed by atoms with Crippen molar-refractivity contribution in [2.24, 2.45) is 5.41 Å². The van der Waals surface area contributed by atoms with Crippen LogP contribution >= 0.6 is 0 Å². The molecule has 0 amide bonds. The largest absolute Gasteiger partial charge is 0.370 e. The Labute approximate surface area is 97.9 Å². The van der Waals surface area contributed by atoms with Crippen LogP contribution in [-0.2, 0) is 0 Å². The smallest absolute Gasteiger partial charge is 0.131 e. The first kappa shape index (κ1) is 12.7. The Kier molecular flexibility index (Phi) is 4.52. The molecule has 1 heterocycles. The highest BCUT2D eigenvalue weighted by Gasteiger charge is 2.09. The summed E-state index contributed by atoms with van der Waals surface area (Å²) >= 11 is 0. The van der Waals surface area contributed by atoms with Gasteiger partial charge in [0.15, 0.2) is 0 Å². The van der Waals surface area contributed by atoms with Crippen LogP contribution in [0.5, 0.6) is 0 Å². The fourth-order valence-electron chi connectivity index (χ4n) is 1.16. The van der Waals surface area contributed by atoms with Gasteiger partial charge in [-0.2, -0.15) is 0 Å². The molecule has 0 saturated heterocycles. The maximum Gasteiger partial charge on any atom is 0.131 e. The number of rotatable bonds is 5. The first-order chi connectivity index (χ1) is 7.51. The first-order valence-corrected chi connectivity index (χ1v) is 5.81. The van der Waals surface area contributed by atoms with Gasteiger partial charge in [-0.05, 0) is 11.8 Å². The fourth-order valence-corrected chi connectivity index (χ4v) is 1.16. The topological polar surface area (TPSA) is 49.8 Å². The van der Waals surface area contributed by atoms with Crippen molar-refractivity contribution in [3.8, 4) is 0 Å². The average Bonchev–Trinajstić information content (AvgIpc) is 2.23. The molecular formula is C12H22N4. The minimum atomic E-state index is 0.252. The summed E-state index contributed by atoms with van der Waals surface area (Å²) in [6, 6.07) is 1.95. The van der Waals surface area contributed by atoms with Crippen molar-refractivity contribution in [2.75, 3.05) is 23.7 Å². The highest BCUT2D eigenvalue weighted by molar-refractivity contribution is 5.46. The molecule has 16 heavy (non-hydrogen) atoms. The summed E-state index contributed by atoms with van der Waals surface area (Å²) in [5.74, 6) is 1.76. The summed E-state index contributed by atoms with van der Waals surface area (Å²) in [4.78, 5) is 8.35. The van der Waals surface area contributed by atoms with E-state index >= 15 is 0 Å². The van der Waals surface area contributed by atoms with Crippen molar-refractivity contribution in [1.82, 2.24) is 9.97 Å². The molecule has 1 aromatic heterocycles. The third kappa shape index (κ3) is 4.96. The summed E-state index contributed by atoms with van der Waals surface area (Å²) in [6.45, 7) is 10.5. The molecule has 4 heteroatoms. The molecule has 1 rings (SSSR count). The molecular weight excluding hydrogens is 200 g/mol. The molecule has 0 fully saturated rings. The Balaban J connectivity index is 2.53. The summed E-state index contributed by atoms with van der Waals surface area (Å²) in [6.07, 6.45) is 2.68. The number of hydrogen-bond donors (Lipinski definition) is 2. The Morgan fingerprint density at radius 3 is 2.31 bits per heavy atom. The van der Waals surface area contributed by atoms with Gasteiger partial charge >= 0.3 is 0 Å². The van der Waals surface area contributed by atoms with Gasteiger partial charge in [0, 0.05) is 19.2 Å². The van der Waals surface area contributed by atoms with E-state index in [0.29, 0.717) is 0 Å². The predicted octanol–water partition coefficient (Wildman–Crippen LogP) is 2.76. The predicted molar refractivity (Wildman–Crippen MR) is 68.8 cm³/mol. The third-order valence-electron chi connectivity index (χ3n) is 2.02. The first-order valence-electron chi connectivity index (χ1n) is 5.81. The van der Waals surface area contributed by atoms with Gasteiger partial charge in [0.1, 0.15) is 18.0 Å². The molecule has 0 atom stereocenters. The summed E-state index contributed by atoms with van der Waals surface area (Å²) < 4.78 is 0. The van der Waals surface area contributed by atoms with Crippen LogP contribution in [0.1, 0.15) is 34.1 Å². The highest BCUT2D eigenvalue weighted by Crippen LogP contribution is 2.15. The maximum atomic E-state index is 4.19. The standard InChI is InChI=1S/C12H22N4/c1-5-6-13-10-7-11(16-9-15-10)14-8-12(2,3)4/h7,9H,5-6,8H2,1-4H3,(H2,13,14,15,16). The molecule has 0 aliphatic carbocycles. The van der Waals surface area contributed by atoms with Gasteiger partial charge in [0.25, 0.3) is 0 Å². The lowest BCUT2D eigenvalue weighted by atomic mass is 9.97. The van der Waals surface area contributed by atoms with E-state index in [2.05, 4.69) is 48.3 Å². The van der Waals surface area contributed by atoms with E-state index in [1.807, 2.05) is 6.07 Å². The summed E-state index contributed by atoms with van der Waals surface area (Å²) in [7, 11) is 0. The number of hydrogen-bond acceptors (Lipinski definition) is 4. The summed E-state index contributed by atoms with van der Waals surface area (Å²) in [5.41, 5.74) is 0.252. The third-order valence-corrected chi connectivity index (χ3v) is 2.02. The second-order valence-electron chi connectivity index (χ2n) is 5.13. The molecule has 0 unspecified atom stereocenters. The zero-order valence-corrected chi connectivity index (χ0v) is 10.7. The van der Waals surface area contributed by atoms with Crippen molar-refractivity contribution >= 4 is 11.6 Å². The minimum Gasteiger partial charge on any atom is -0.370 e. The van der Waals surface area contributed by atoms with Crippen molar-refractivity contribution in [2.45, 2.75) is 34.1 Å². The molecule has 0 radical (unpaired) electrons. The highest BCUT2D eigenvalue weighted by atomic mass is 15.1. The van der Waals surface area contributed by atoms with Gasteiger partial charge in [0.05, 0.1) is 0 Å². The van der Waals surface area contributed by atoms with E-state index in [-0.39, 0.29) is 5.41 Å². The molecule has 2 N–H and O–H groups in total. The van der Waals surface area contributed by atoms with E-state index in [1.165, 1.54) is 0 Å². The second-order valence-corrected chi connectivity index (χ2v) is 5.13. The molecule has 0 aromatic carbocycles. The Bertz CT molecular complexity index is 317. The van der Waals surface area contributed by atoms with Crippen LogP contribution in [0.3, 0.4) is 0 Å². The Hall–Kier alpha value is -1.32. The van der Waals surface area contributed by atoms with Crippen LogP contribution in [0.4, 0.5) is 11.6 Å². The number of anilines is 2. The van der Waals surface area contributed by atoms with Crippen molar-refractivity contribution in [3.63, 3.8) is 0 Å². The molecule has 4 nitrogen and oxygen atoms in total. The molecule has 90 valence electrons. The van der Waals surface area contributed by atoms with Crippen molar-refractivity contribution in [1.29, 1.82) is 0 Å². The average molecular weight is 222 g/mol. The van der Waals surface area contributed by atoms with Gasteiger partial charge in [-0.3, -0.25) is 0 Å². The van der Waals surface area contributed by atoms with Crippen LogP contribution in [0.25, 0.3) is 0 Å². The summed E-state index contributed by atoms with van der Waals surface area (Å²) in [5, 5.41) is 6.55. The fraction of sp³-hybridized carbons (Fsp3) is 0.667. The lowest BCUT2D eigenvalue weighted by molar-refractivity contribution is 0.442. The van der Waals surface area contributed by atoms with Gasteiger partial charge in [-0.15, -0.1) is 0 Å². The number of nitrogens with zero attached hydrogens (tertiary/aromatic N) is 2. The number of nitrogens with one attached hydrogen (secondary N) is 2. The molecule has 0 bridgehead atoms. The number of aromatic nitrogens is 2. The van der Waals surface area contributed by atoms with Crippen LogP contribution in [0, 0.1) is 5.41 Å². The maximum absolute atomic E-state index is 4.19. The lowest BCUT2D eigenvalue weighted by Gasteiger charge is -2.19. The van der Waals surface area contributed by atoms with E-state index in [9.17, 15) is 0 Å². The molecule has 0 aliphatic heterocycles. The zero-order chi connectivity index (χ0) is 12.0. The Morgan fingerprint density at radius 1 is 1.12 bits per heavy atom. The Morgan fingerprint density at radius 2 is 1.75 bits per heavy atom.